The molecule has 0 bridgehead atoms. The summed E-state index contributed by atoms with van der Waals surface area (Å²) in [6.45, 7) is -0.788. The van der Waals surface area contributed by atoms with Gasteiger partial charge in [-0.25, -0.2) is 17.6 Å². The highest BCUT2D eigenvalue weighted by Gasteiger charge is 2.15. The predicted octanol–water partition coefficient (Wildman–Crippen LogP) is 2.52. The highest BCUT2D eigenvalue weighted by Crippen LogP contribution is 2.21. The van der Waals surface area contributed by atoms with Crippen LogP contribution in [-0.2, 0) is 24.2 Å². The lowest BCUT2D eigenvalue weighted by molar-refractivity contribution is -0.757. The average Bonchev–Trinajstić information content (AvgIpc) is 2.63. The molecular weight excluding hydrogens is 393 g/mol. The molecular formula is C18H16FNO7S. The number of rotatable bonds is 8. The van der Waals surface area contributed by atoms with Gasteiger partial charge in [0, 0.05) is 6.26 Å². The first-order valence-corrected chi connectivity index (χ1v) is 9.78. The topological polar surface area (TPSA) is 113 Å². The SMILES string of the molecule is CS(=O)(=O)c1ccc(/C=C(/C(=O)OCCO[N+](=O)[O-])c2ccc(F)cc2)cc1. The first-order valence-electron chi connectivity index (χ1n) is 7.89. The summed E-state index contributed by atoms with van der Waals surface area (Å²) in [6.07, 6.45) is 2.52. The van der Waals surface area contributed by atoms with Crippen LogP contribution in [-0.4, -0.2) is 38.9 Å². The van der Waals surface area contributed by atoms with Crippen molar-refractivity contribution >= 4 is 27.5 Å². The maximum absolute atomic E-state index is 13.2. The second-order valence-electron chi connectivity index (χ2n) is 5.60. The molecule has 0 amide bonds. The van der Waals surface area contributed by atoms with Crippen molar-refractivity contribution in [2.45, 2.75) is 4.90 Å². The summed E-state index contributed by atoms with van der Waals surface area (Å²) in [5, 5.41) is 9.12. The van der Waals surface area contributed by atoms with Crippen LogP contribution in [0.2, 0.25) is 0 Å². The van der Waals surface area contributed by atoms with Gasteiger partial charge in [0.25, 0.3) is 5.09 Å². The fourth-order valence-corrected chi connectivity index (χ4v) is 2.82. The number of hydrogen-bond donors (Lipinski definition) is 0. The molecule has 0 atom stereocenters. The smallest absolute Gasteiger partial charge is 0.338 e. The molecule has 2 rings (SSSR count). The number of hydrogen-bond acceptors (Lipinski definition) is 7. The van der Waals surface area contributed by atoms with Crippen LogP contribution in [0.1, 0.15) is 11.1 Å². The van der Waals surface area contributed by atoms with E-state index in [4.69, 9.17) is 4.74 Å². The van der Waals surface area contributed by atoms with E-state index in [9.17, 15) is 27.7 Å². The van der Waals surface area contributed by atoms with E-state index in [0.29, 0.717) is 11.1 Å². The Hall–Kier alpha value is -3.27. The summed E-state index contributed by atoms with van der Waals surface area (Å²) in [5.74, 6) is -1.29. The molecule has 0 aliphatic rings. The lowest BCUT2D eigenvalue weighted by atomic mass is 10.0. The van der Waals surface area contributed by atoms with Crippen LogP contribution in [0.4, 0.5) is 4.39 Å². The number of carbonyl (C=O) groups is 1. The minimum absolute atomic E-state index is 0.0632. The van der Waals surface area contributed by atoms with E-state index >= 15 is 0 Å². The molecule has 10 heteroatoms. The Bertz CT molecular complexity index is 984. The largest absolute Gasteiger partial charge is 0.460 e. The summed E-state index contributed by atoms with van der Waals surface area (Å²) in [5.41, 5.74) is 0.923. The lowest BCUT2D eigenvalue weighted by Crippen LogP contribution is -2.14. The third kappa shape index (κ3) is 6.16. The Labute approximate surface area is 160 Å². The molecule has 2 aromatic carbocycles. The number of ether oxygens (including phenoxy) is 1. The predicted molar refractivity (Wildman–Crippen MR) is 97.7 cm³/mol. The zero-order valence-electron chi connectivity index (χ0n) is 14.7. The summed E-state index contributed by atoms with van der Waals surface area (Å²) >= 11 is 0. The van der Waals surface area contributed by atoms with Crippen molar-refractivity contribution in [3.05, 3.63) is 75.6 Å². The van der Waals surface area contributed by atoms with E-state index in [1.165, 1.54) is 54.6 Å². The van der Waals surface area contributed by atoms with Gasteiger partial charge in [-0.1, -0.05) is 24.3 Å². The fourth-order valence-electron chi connectivity index (χ4n) is 2.19. The van der Waals surface area contributed by atoms with Gasteiger partial charge in [-0.05, 0) is 41.5 Å². The van der Waals surface area contributed by atoms with Gasteiger partial charge in [0.15, 0.2) is 9.84 Å². The van der Waals surface area contributed by atoms with Crippen molar-refractivity contribution in [3.8, 4) is 0 Å². The van der Waals surface area contributed by atoms with Crippen molar-refractivity contribution in [2.24, 2.45) is 0 Å². The number of benzene rings is 2. The summed E-state index contributed by atoms with van der Waals surface area (Å²) in [7, 11) is -3.37. The number of carbonyl (C=O) groups excluding carboxylic acids is 1. The van der Waals surface area contributed by atoms with E-state index < -0.39 is 33.3 Å². The van der Waals surface area contributed by atoms with Gasteiger partial charge in [-0.3, -0.25) is 0 Å². The quantitative estimate of drug-likeness (QED) is 0.164. The van der Waals surface area contributed by atoms with Gasteiger partial charge in [0.2, 0.25) is 0 Å². The summed E-state index contributed by atoms with van der Waals surface area (Å²) in [6, 6.07) is 10.9. The Morgan fingerprint density at radius 1 is 1.11 bits per heavy atom. The molecule has 0 aliphatic heterocycles. The van der Waals surface area contributed by atoms with Crippen molar-refractivity contribution in [1.29, 1.82) is 0 Å². The van der Waals surface area contributed by atoms with Crippen LogP contribution < -0.4 is 0 Å². The van der Waals surface area contributed by atoms with Gasteiger partial charge in [0.1, 0.15) is 19.0 Å². The zero-order chi connectivity index (χ0) is 20.7. The Balaban J connectivity index is 2.29. The number of halogens is 1. The maximum atomic E-state index is 13.2. The van der Waals surface area contributed by atoms with Gasteiger partial charge in [-0.2, -0.15) is 0 Å². The van der Waals surface area contributed by atoms with E-state index in [1.54, 1.807) is 0 Å². The normalized spacial score (nSPS) is 11.7. The van der Waals surface area contributed by atoms with E-state index in [1.807, 2.05) is 0 Å². The zero-order valence-corrected chi connectivity index (χ0v) is 15.5. The first kappa shape index (κ1) is 21.0. The summed E-state index contributed by atoms with van der Waals surface area (Å²) in [4.78, 5) is 26.7. The number of nitrogens with zero attached hydrogens (tertiary/aromatic N) is 1. The molecule has 0 aromatic heterocycles. The van der Waals surface area contributed by atoms with Crippen LogP contribution in [0.3, 0.4) is 0 Å². The van der Waals surface area contributed by atoms with E-state index in [-0.39, 0.29) is 17.1 Å². The molecule has 0 spiro atoms. The maximum Gasteiger partial charge on any atom is 0.338 e. The van der Waals surface area contributed by atoms with Gasteiger partial charge >= 0.3 is 5.97 Å². The second-order valence-corrected chi connectivity index (χ2v) is 7.61. The molecule has 0 saturated carbocycles. The molecule has 148 valence electrons. The molecule has 0 saturated heterocycles. The van der Waals surface area contributed by atoms with E-state index in [2.05, 4.69) is 4.84 Å². The molecule has 0 N–H and O–H groups in total. The molecule has 8 nitrogen and oxygen atoms in total. The van der Waals surface area contributed by atoms with Crippen molar-refractivity contribution in [3.63, 3.8) is 0 Å². The Morgan fingerprint density at radius 3 is 2.25 bits per heavy atom. The van der Waals surface area contributed by atoms with Crippen LogP contribution in [0.15, 0.2) is 53.4 Å². The van der Waals surface area contributed by atoms with Crippen LogP contribution in [0.25, 0.3) is 11.6 Å². The standard InChI is InChI=1S/C18H16FNO7S/c1-28(24,25)16-8-2-13(3-9-16)12-17(14-4-6-15(19)7-5-14)18(21)26-10-11-27-20(22)23/h2-9,12H,10-11H2,1H3/b17-12+. The molecule has 0 radical (unpaired) electrons. The molecule has 28 heavy (non-hydrogen) atoms. The monoisotopic (exact) mass is 409 g/mol. The molecule has 0 heterocycles. The van der Waals surface area contributed by atoms with Crippen molar-refractivity contribution in [1.82, 2.24) is 0 Å². The number of sulfone groups is 1. The minimum atomic E-state index is -3.37. The molecule has 0 unspecified atom stereocenters. The Morgan fingerprint density at radius 2 is 1.71 bits per heavy atom. The Kier molecular flexibility index (Phi) is 6.83. The third-order valence-electron chi connectivity index (χ3n) is 3.51. The average molecular weight is 409 g/mol. The van der Waals surface area contributed by atoms with Crippen LogP contribution >= 0.6 is 0 Å². The number of esters is 1. The van der Waals surface area contributed by atoms with Crippen LogP contribution in [0, 0.1) is 15.9 Å². The summed E-state index contributed by atoms with van der Waals surface area (Å²) < 4.78 is 41.2. The van der Waals surface area contributed by atoms with Crippen LogP contribution in [0.5, 0.6) is 0 Å². The minimum Gasteiger partial charge on any atom is -0.460 e. The van der Waals surface area contributed by atoms with Crippen molar-refractivity contribution < 1.29 is 32.3 Å². The highest BCUT2D eigenvalue weighted by atomic mass is 32.2. The van der Waals surface area contributed by atoms with Gasteiger partial charge in [-0.15, -0.1) is 10.1 Å². The van der Waals surface area contributed by atoms with Gasteiger partial charge < -0.3 is 9.57 Å². The second kappa shape index (κ2) is 9.09. The molecule has 0 aliphatic carbocycles. The van der Waals surface area contributed by atoms with Crippen molar-refractivity contribution in [2.75, 3.05) is 19.5 Å². The molecule has 2 aromatic rings. The molecule has 0 fully saturated rings. The van der Waals surface area contributed by atoms with Gasteiger partial charge in [0.05, 0.1) is 10.5 Å². The third-order valence-corrected chi connectivity index (χ3v) is 4.64. The fraction of sp³-hybridized carbons (Fsp3) is 0.167. The van der Waals surface area contributed by atoms with E-state index in [0.717, 1.165) is 6.26 Å². The first-order chi connectivity index (χ1) is 13.2. The highest BCUT2D eigenvalue weighted by molar-refractivity contribution is 7.90. The lowest BCUT2D eigenvalue weighted by Gasteiger charge is -2.09.